The Hall–Kier alpha value is -4.37. The van der Waals surface area contributed by atoms with E-state index in [-0.39, 0.29) is 91.3 Å². The number of benzene rings is 4. The second-order valence-corrected chi connectivity index (χ2v) is 24.2. The molecule has 5 heterocycles. The minimum atomic E-state index is -4.78. The number of ether oxygens (including phenoxy) is 4. The fraction of sp³-hybridized carbons (Fsp3) is 0.571. The van der Waals surface area contributed by atoms with Gasteiger partial charge in [0.25, 0.3) is 10.1 Å². The SMILES string of the molecule is O=S(=O)(O)C1C(Oc2ccccc2)C(O)CC2C3NC4NC(NC5NC(NC6NC(NC(N3)C21)C1CCC(Oc2ccccc2)CC61)C1CCC(Oc2ccccc2)CC51)C1CCC(Oc2ccccc2)CC41. The summed E-state index contributed by atoms with van der Waals surface area (Å²) in [4.78, 5) is 0. The number of para-hydroxylation sites is 4. The highest BCUT2D eigenvalue weighted by Crippen LogP contribution is 2.48. The van der Waals surface area contributed by atoms with Crippen LogP contribution in [-0.4, -0.2) is 103 Å². The molecule has 73 heavy (non-hydrogen) atoms. The molecule has 8 bridgehead atoms. The van der Waals surface area contributed by atoms with Crippen LogP contribution in [0, 0.1) is 47.3 Å². The van der Waals surface area contributed by atoms with Crippen LogP contribution in [0.3, 0.4) is 0 Å². The summed E-state index contributed by atoms with van der Waals surface area (Å²) in [7, 11) is -4.78. The van der Waals surface area contributed by atoms with Gasteiger partial charge < -0.3 is 24.1 Å². The van der Waals surface area contributed by atoms with Crippen molar-refractivity contribution in [2.24, 2.45) is 47.3 Å². The monoisotopic (exact) mass is 1020 g/mol. The lowest BCUT2D eigenvalue weighted by Crippen LogP contribution is -2.63. The lowest BCUT2D eigenvalue weighted by Gasteiger charge is -2.44. The maximum atomic E-state index is 14.0. The van der Waals surface area contributed by atoms with E-state index in [2.05, 4.69) is 54.7 Å². The average Bonchev–Trinajstić information content (AvgIpc) is 4.12. The Morgan fingerprint density at radius 1 is 0.370 bits per heavy atom. The third-order valence-corrected chi connectivity index (χ3v) is 19.8. The quantitative estimate of drug-likeness (QED) is 0.103. The van der Waals surface area contributed by atoms with Crippen LogP contribution in [0.2, 0.25) is 0 Å². The first-order chi connectivity index (χ1) is 35.6. The summed E-state index contributed by atoms with van der Waals surface area (Å²) < 4.78 is 66.0. The Bertz CT molecular complexity index is 2600. The lowest BCUT2D eigenvalue weighted by molar-refractivity contribution is -0.0343. The summed E-state index contributed by atoms with van der Waals surface area (Å²) >= 11 is 0. The van der Waals surface area contributed by atoms with E-state index in [0.29, 0.717) is 11.7 Å². The van der Waals surface area contributed by atoms with Gasteiger partial charge in [0.1, 0.15) is 34.4 Å². The number of rotatable bonds is 9. The fourth-order valence-electron chi connectivity index (χ4n) is 15.5. The number of hydrogen-bond donors (Lipinski definition) is 10. The van der Waals surface area contributed by atoms with Crippen molar-refractivity contribution in [3.63, 3.8) is 0 Å². The largest absolute Gasteiger partial charge is 0.490 e. The van der Waals surface area contributed by atoms with Crippen LogP contribution in [0.5, 0.6) is 23.0 Å². The van der Waals surface area contributed by atoms with Crippen molar-refractivity contribution >= 4 is 10.1 Å². The Balaban J connectivity index is 0.858. The first-order valence-corrected chi connectivity index (χ1v) is 28.7. The predicted molar refractivity (Wildman–Crippen MR) is 274 cm³/mol. The normalized spacial score (nSPS) is 42.9. The fourth-order valence-corrected chi connectivity index (χ4v) is 16.8. The van der Waals surface area contributed by atoms with Gasteiger partial charge in [0.15, 0.2) is 0 Å². The number of hydrogen-bond acceptors (Lipinski definition) is 15. The molecule has 0 radical (unpaired) electrons. The van der Waals surface area contributed by atoms with Crippen LogP contribution >= 0.6 is 0 Å². The molecular weight excluding hydrogens is 945 g/mol. The molecule has 390 valence electrons. The molecule has 17 heteroatoms. The van der Waals surface area contributed by atoms with Crippen LogP contribution in [0.4, 0.5) is 0 Å². The molecule has 4 aliphatic carbocycles. The summed E-state index contributed by atoms with van der Waals surface area (Å²) in [5.41, 5.74) is 0. The standard InChI is InChI=1S/C56H72N8O8S/c65-45-30-44-46(48(73(66,67)68)47(45)72-34-19-11-4-12-20-34)56-63-51-40-26-23-37(71-33-17-9-3-10-18-33)29-43(40)53(61-51)59-49-38-24-21-35(69-31-13-5-1-6-14-31)27-41(38)52(57-49)58-50-39-25-22-36(70-32-15-7-2-8-16-32)28-42(39)54(60-50)62-55(44)64-56/h1-20,35-65H,21-30H2,(H,66,67,68). The summed E-state index contributed by atoms with van der Waals surface area (Å²) in [6.45, 7) is 0. The second-order valence-electron chi connectivity index (χ2n) is 22.7. The second kappa shape index (κ2) is 20.3. The molecule has 0 amide bonds. The van der Waals surface area contributed by atoms with Crippen molar-refractivity contribution in [3.05, 3.63) is 121 Å². The van der Waals surface area contributed by atoms with Crippen molar-refractivity contribution in [2.45, 2.75) is 149 Å². The molecule has 22 atom stereocenters. The maximum Gasteiger partial charge on any atom is 0.271 e. The molecule has 5 saturated heterocycles. The van der Waals surface area contributed by atoms with Gasteiger partial charge in [0.2, 0.25) is 0 Å². The number of nitrogens with one attached hydrogen (secondary N) is 8. The van der Waals surface area contributed by atoms with E-state index in [1.165, 1.54) is 0 Å². The Morgan fingerprint density at radius 2 is 0.671 bits per heavy atom. The zero-order chi connectivity index (χ0) is 49.2. The van der Waals surface area contributed by atoms with Crippen LogP contribution in [0.1, 0.15) is 64.2 Å². The zero-order valence-electron chi connectivity index (χ0n) is 41.1. The summed E-state index contributed by atoms with van der Waals surface area (Å²) in [6.07, 6.45) is 4.58. The van der Waals surface area contributed by atoms with Crippen LogP contribution in [-0.2, 0) is 10.1 Å². The molecular formula is C56H72N8O8S. The van der Waals surface area contributed by atoms with Gasteiger partial charge in [0.05, 0.1) is 73.7 Å². The van der Waals surface area contributed by atoms with E-state index in [1.807, 2.05) is 97.1 Å². The van der Waals surface area contributed by atoms with Gasteiger partial charge in [0, 0.05) is 5.92 Å². The van der Waals surface area contributed by atoms with E-state index in [9.17, 15) is 18.1 Å². The van der Waals surface area contributed by atoms with E-state index in [4.69, 9.17) is 18.9 Å². The molecule has 4 aromatic rings. The van der Waals surface area contributed by atoms with Crippen molar-refractivity contribution in [2.75, 3.05) is 0 Å². The van der Waals surface area contributed by atoms with Crippen molar-refractivity contribution in [1.29, 1.82) is 0 Å². The van der Waals surface area contributed by atoms with E-state index < -0.39 is 51.7 Å². The highest BCUT2D eigenvalue weighted by Gasteiger charge is 2.62. The molecule has 9 aliphatic rings. The van der Waals surface area contributed by atoms with Crippen molar-refractivity contribution in [1.82, 2.24) is 42.5 Å². The van der Waals surface area contributed by atoms with Gasteiger partial charge in [-0.1, -0.05) is 72.8 Å². The molecule has 0 spiro atoms. The number of fused-ring (bicyclic) bond motifs is 20. The van der Waals surface area contributed by atoms with E-state index in [1.54, 1.807) is 12.1 Å². The molecule has 16 nitrogen and oxygen atoms in total. The van der Waals surface area contributed by atoms with Gasteiger partial charge in [-0.3, -0.25) is 47.1 Å². The van der Waals surface area contributed by atoms with E-state index >= 15 is 0 Å². The van der Waals surface area contributed by atoms with Crippen molar-refractivity contribution in [3.8, 4) is 23.0 Å². The van der Waals surface area contributed by atoms with Crippen LogP contribution in [0.25, 0.3) is 0 Å². The Kier molecular flexibility index (Phi) is 13.4. The summed E-state index contributed by atoms with van der Waals surface area (Å²) in [6, 6.07) is 39.4. The zero-order valence-corrected chi connectivity index (χ0v) is 41.9. The van der Waals surface area contributed by atoms with Crippen molar-refractivity contribution < 1.29 is 37.0 Å². The third-order valence-electron chi connectivity index (χ3n) is 18.6. The minimum Gasteiger partial charge on any atom is -0.490 e. The first-order valence-electron chi connectivity index (χ1n) is 27.2. The molecule has 9 fully saturated rings. The van der Waals surface area contributed by atoms with Crippen LogP contribution < -0.4 is 61.5 Å². The molecule has 0 aromatic heterocycles. The Labute approximate surface area is 429 Å². The number of aliphatic hydroxyl groups excluding tert-OH is 1. The van der Waals surface area contributed by atoms with E-state index in [0.717, 1.165) is 75.0 Å². The lowest BCUT2D eigenvalue weighted by atomic mass is 9.74. The highest BCUT2D eigenvalue weighted by molar-refractivity contribution is 7.86. The molecule has 22 unspecified atom stereocenters. The molecule has 13 rings (SSSR count). The summed E-state index contributed by atoms with van der Waals surface area (Å²) in [5.74, 6) is 3.39. The van der Waals surface area contributed by atoms with Gasteiger partial charge >= 0.3 is 0 Å². The summed E-state index contributed by atoms with van der Waals surface area (Å²) in [5, 5.41) is 43.3. The average molecular weight is 1020 g/mol. The predicted octanol–water partition coefficient (Wildman–Crippen LogP) is 4.67. The van der Waals surface area contributed by atoms with Gasteiger partial charge in [-0.25, -0.2) is 0 Å². The van der Waals surface area contributed by atoms with Gasteiger partial charge in [-0.15, -0.1) is 0 Å². The first kappa shape index (κ1) is 48.3. The van der Waals surface area contributed by atoms with Gasteiger partial charge in [-0.2, -0.15) is 8.42 Å². The smallest absolute Gasteiger partial charge is 0.271 e. The topological polar surface area (TPSA) is 208 Å². The highest BCUT2D eigenvalue weighted by atomic mass is 32.2. The minimum absolute atomic E-state index is 0.000431. The van der Waals surface area contributed by atoms with Crippen LogP contribution in [0.15, 0.2) is 121 Å². The molecule has 4 saturated carbocycles. The third kappa shape index (κ3) is 9.77. The Morgan fingerprint density at radius 3 is 1.01 bits per heavy atom. The molecule has 4 aromatic carbocycles. The number of aliphatic hydroxyl groups is 1. The molecule has 10 N–H and O–H groups in total. The maximum absolute atomic E-state index is 14.0. The molecule has 5 aliphatic heterocycles. The van der Waals surface area contributed by atoms with Gasteiger partial charge in [-0.05, 0) is 154 Å².